The molecule has 0 atom stereocenters. The number of hydrogen-bond acceptors (Lipinski definition) is 4. The lowest BCUT2D eigenvalue weighted by atomic mass is 9.96. The van der Waals surface area contributed by atoms with Gasteiger partial charge >= 0.3 is 5.97 Å². The van der Waals surface area contributed by atoms with Gasteiger partial charge in [0.2, 0.25) is 0 Å². The number of carboxylic acid groups (broad SMARTS) is 1. The molecule has 0 unspecified atom stereocenters. The zero-order chi connectivity index (χ0) is 17.8. The average molecular weight is 340 g/mol. The van der Waals surface area contributed by atoms with E-state index < -0.39 is 5.97 Å². The molecule has 0 bridgehead atoms. The van der Waals surface area contributed by atoms with E-state index in [1.807, 2.05) is 12.1 Å². The Bertz CT molecular complexity index is 748. The molecule has 2 aromatic carbocycles. The summed E-state index contributed by atoms with van der Waals surface area (Å²) in [4.78, 5) is 25.4. The minimum atomic E-state index is -0.721. The second kappa shape index (κ2) is 7.25. The molecule has 130 valence electrons. The van der Waals surface area contributed by atoms with E-state index in [1.54, 1.807) is 24.3 Å². The number of nitrogens with one attached hydrogen (secondary N) is 1. The highest BCUT2D eigenvalue weighted by Crippen LogP contribution is 2.24. The van der Waals surface area contributed by atoms with Crippen LogP contribution < -0.4 is 10.2 Å². The van der Waals surface area contributed by atoms with Gasteiger partial charge in [0, 0.05) is 30.0 Å². The minimum absolute atomic E-state index is 0.147. The number of carboxylic acids is 1. The summed E-state index contributed by atoms with van der Waals surface area (Å²) in [6.45, 7) is 1.41. The molecule has 0 aliphatic carbocycles. The maximum atomic E-state index is 12.3. The van der Waals surface area contributed by atoms with Gasteiger partial charge in [-0.2, -0.15) is 0 Å². The van der Waals surface area contributed by atoms with Crippen molar-refractivity contribution in [2.45, 2.75) is 12.8 Å². The maximum absolute atomic E-state index is 12.3. The lowest BCUT2D eigenvalue weighted by molar-refractivity contribution is -0.142. The van der Waals surface area contributed by atoms with Gasteiger partial charge in [0.05, 0.1) is 5.92 Å². The fourth-order valence-electron chi connectivity index (χ4n) is 2.96. The molecule has 2 aromatic rings. The van der Waals surface area contributed by atoms with Crippen molar-refractivity contribution in [3.8, 4) is 5.75 Å². The number of benzene rings is 2. The van der Waals surface area contributed by atoms with Gasteiger partial charge in [-0.05, 0) is 61.4 Å². The smallest absolute Gasteiger partial charge is 0.306 e. The minimum Gasteiger partial charge on any atom is -0.508 e. The molecule has 1 aliphatic rings. The van der Waals surface area contributed by atoms with Crippen LogP contribution in [0.25, 0.3) is 0 Å². The summed E-state index contributed by atoms with van der Waals surface area (Å²) in [5.74, 6) is -1.05. The Morgan fingerprint density at radius 1 is 0.960 bits per heavy atom. The number of hydrogen-bond donors (Lipinski definition) is 3. The SMILES string of the molecule is O=C(Nc1ccc(O)cc1)c1ccc(N2CCC(C(=O)O)CC2)cc1. The zero-order valence-corrected chi connectivity index (χ0v) is 13.7. The van der Waals surface area contributed by atoms with E-state index in [-0.39, 0.29) is 17.6 Å². The number of aliphatic carboxylic acids is 1. The number of phenols is 1. The second-order valence-corrected chi connectivity index (χ2v) is 6.15. The number of nitrogens with zero attached hydrogens (tertiary/aromatic N) is 1. The molecule has 0 spiro atoms. The van der Waals surface area contributed by atoms with E-state index in [1.165, 1.54) is 12.1 Å². The Hall–Kier alpha value is -3.02. The van der Waals surface area contributed by atoms with E-state index in [0.717, 1.165) is 5.69 Å². The van der Waals surface area contributed by atoms with Crippen LogP contribution in [-0.2, 0) is 4.79 Å². The molecule has 0 radical (unpaired) electrons. The quantitative estimate of drug-likeness (QED) is 0.745. The van der Waals surface area contributed by atoms with Gasteiger partial charge in [0.1, 0.15) is 5.75 Å². The summed E-state index contributed by atoms with van der Waals surface area (Å²) in [5, 5.41) is 21.1. The number of aromatic hydroxyl groups is 1. The average Bonchev–Trinajstić information content (AvgIpc) is 2.64. The van der Waals surface area contributed by atoms with Crippen LogP contribution in [-0.4, -0.2) is 35.2 Å². The highest BCUT2D eigenvalue weighted by Gasteiger charge is 2.24. The molecule has 6 nitrogen and oxygen atoms in total. The summed E-state index contributed by atoms with van der Waals surface area (Å²) in [6, 6.07) is 13.6. The fourth-order valence-corrected chi connectivity index (χ4v) is 2.96. The first-order valence-electron chi connectivity index (χ1n) is 8.21. The summed E-state index contributed by atoms with van der Waals surface area (Å²) in [5.41, 5.74) is 2.14. The van der Waals surface area contributed by atoms with Gasteiger partial charge in [-0.1, -0.05) is 0 Å². The molecule has 3 rings (SSSR count). The van der Waals surface area contributed by atoms with E-state index >= 15 is 0 Å². The lowest BCUT2D eigenvalue weighted by Gasteiger charge is -2.32. The van der Waals surface area contributed by atoms with Crippen LogP contribution in [0.3, 0.4) is 0 Å². The Labute approximate surface area is 145 Å². The monoisotopic (exact) mass is 340 g/mol. The molecule has 6 heteroatoms. The molecular weight excluding hydrogens is 320 g/mol. The van der Waals surface area contributed by atoms with Crippen molar-refractivity contribution >= 4 is 23.3 Å². The third kappa shape index (κ3) is 4.09. The summed E-state index contributed by atoms with van der Waals surface area (Å²) >= 11 is 0. The molecule has 0 saturated carbocycles. The molecule has 25 heavy (non-hydrogen) atoms. The van der Waals surface area contributed by atoms with E-state index in [4.69, 9.17) is 5.11 Å². The topological polar surface area (TPSA) is 89.9 Å². The summed E-state index contributed by atoms with van der Waals surface area (Å²) in [6.07, 6.45) is 1.27. The van der Waals surface area contributed by atoms with Gasteiger partial charge in [-0.25, -0.2) is 0 Å². The van der Waals surface area contributed by atoms with Crippen molar-refractivity contribution in [3.63, 3.8) is 0 Å². The summed E-state index contributed by atoms with van der Waals surface area (Å²) in [7, 11) is 0. The van der Waals surface area contributed by atoms with E-state index in [0.29, 0.717) is 37.2 Å². The molecule has 1 fully saturated rings. The van der Waals surface area contributed by atoms with Crippen LogP contribution in [0.2, 0.25) is 0 Å². The molecular formula is C19H20N2O4. The first kappa shape index (κ1) is 16.8. The van der Waals surface area contributed by atoms with Crippen LogP contribution in [0.5, 0.6) is 5.75 Å². The highest BCUT2D eigenvalue weighted by atomic mass is 16.4. The molecule has 3 N–H and O–H groups in total. The van der Waals surface area contributed by atoms with Crippen LogP contribution in [0.4, 0.5) is 11.4 Å². The maximum Gasteiger partial charge on any atom is 0.306 e. The number of carbonyl (C=O) groups excluding carboxylic acids is 1. The standard InChI is InChI=1S/C19H20N2O4/c22-17-7-3-15(4-8-17)20-18(23)13-1-5-16(6-2-13)21-11-9-14(10-12-21)19(24)25/h1-8,14,22H,9-12H2,(H,20,23)(H,24,25). The van der Waals surface area contributed by atoms with Crippen molar-refractivity contribution in [1.82, 2.24) is 0 Å². The first-order chi connectivity index (χ1) is 12.0. The van der Waals surface area contributed by atoms with E-state index in [9.17, 15) is 14.7 Å². The Morgan fingerprint density at radius 2 is 1.56 bits per heavy atom. The van der Waals surface area contributed by atoms with Crippen molar-refractivity contribution in [2.24, 2.45) is 5.92 Å². The van der Waals surface area contributed by atoms with Gasteiger partial charge < -0.3 is 20.4 Å². The lowest BCUT2D eigenvalue weighted by Crippen LogP contribution is -2.36. The number of amides is 1. The highest BCUT2D eigenvalue weighted by molar-refractivity contribution is 6.04. The Morgan fingerprint density at radius 3 is 2.12 bits per heavy atom. The third-order valence-electron chi connectivity index (χ3n) is 4.46. The first-order valence-corrected chi connectivity index (χ1v) is 8.21. The molecule has 1 aliphatic heterocycles. The van der Waals surface area contributed by atoms with Crippen molar-refractivity contribution in [3.05, 3.63) is 54.1 Å². The summed E-state index contributed by atoms with van der Waals surface area (Å²) < 4.78 is 0. The van der Waals surface area contributed by atoms with Crippen LogP contribution in [0.15, 0.2) is 48.5 Å². The molecule has 1 saturated heterocycles. The van der Waals surface area contributed by atoms with Gasteiger partial charge in [0.15, 0.2) is 0 Å². The number of piperidine rings is 1. The third-order valence-corrected chi connectivity index (χ3v) is 4.46. The van der Waals surface area contributed by atoms with Crippen LogP contribution in [0.1, 0.15) is 23.2 Å². The van der Waals surface area contributed by atoms with Crippen LogP contribution >= 0.6 is 0 Å². The van der Waals surface area contributed by atoms with Gasteiger partial charge in [-0.15, -0.1) is 0 Å². The van der Waals surface area contributed by atoms with Crippen molar-refractivity contribution in [2.75, 3.05) is 23.3 Å². The normalized spacial score (nSPS) is 15.0. The van der Waals surface area contributed by atoms with Gasteiger partial charge in [-0.3, -0.25) is 9.59 Å². The Balaban J connectivity index is 1.61. The van der Waals surface area contributed by atoms with Crippen LogP contribution in [0, 0.1) is 5.92 Å². The molecule has 1 heterocycles. The number of anilines is 2. The number of rotatable bonds is 4. The second-order valence-electron chi connectivity index (χ2n) is 6.15. The number of phenolic OH excluding ortho intramolecular Hbond substituents is 1. The van der Waals surface area contributed by atoms with Crippen molar-refractivity contribution in [1.29, 1.82) is 0 Å². The molecule has 1 amide bonds. The predicted molar refractivity (Wildman–Crippen MR) is 95.1 cm³/mol. The fraction of sp³-hybridized carbons (Fsp3) is 0.263. The zero-order valence-electron chi connectivity index (χ0n) is 13.7. The molecule has 0 aromatic heterocycles. The predicted octanol–water partition coefficient (Wildman–Crippen LogP) is 2.95. The largest absolute Gasteiger partial charge is 0.508 e. The number of carbonyl (C=O) groups is 2. The van der Waals surface area contributed by atoms with Gasteiger partial charge in [0.25, 0.3) is 5.91 Å². The van der Waals surface area contributed by atoms with Crippen molar-refractivity contribution < 1.29 is 19.8 Å². The van der Waals surface area contributed by atoms with E-state index in [2.05, 4.69) is 10.2 Å². The Kier molecular flexibility index (Phi) is 4.88.